The Hall–Kier alpha value is -1.44. The van der Waals surface area contributed by atoms with Crippen LogP contribution < -0.4 is 16.0 Å². The molecule has 0 saturated carbocycles. The smallest absolute Gasteiger partial charge is 0.315 e. The minimum Gasteiger partial charge on any atom is -0.481 e. The van der Waals surface area contributed by atoms with Crippen LogP contribution in [-0.2, 0) is 9.59 Å². The number of carboxylic acids is 1. The van der Waals surface area contributed by atoms with Crippen LogP contribution in [0.5, 0.6) is 0 Å². The molecule has 142 valence electrons. The summed E-state index contributed by atoms with van der Waals surface area (Å²) in [6.45, 7) is 0.672. The van der Waals surface area contributed by atoms with Crippen LogP contribution in [0.3, 0.4) is 0 Å². The summed E-state index contributed by atoms with van der Waals surface area (Å²) in [5.41, 5.74) is 0. The minimum absolute atomic E-state index is 0.0531. The van der Waals surface area contributed by atoms with Crippen molar-refractivity contribution in [2.24, 2.45) is 0 Å². The first-order chi connectivity index (χ1) is 12.1. The van der Waals surface area contributed by atoms with Crippen LogP contribution in [0.2, 0.25) is 0 Å². The lowest BCUT2D eigenvalue weighted by molar-refractivity contribution is -0.137. The monoisotopic (exact) mass is 371 g/mol. The quantitative estimate of drug-likeness (QED) is 0.309. The summed E-state index contributed by atoms with van der Waals surface area (Å²) in [7, 11) is 0. The third-order valence-electron chi connectivity index (χ3n) is 4.72. The highest BCUT2D eigenvalue weighted by Gasteiger charge is 2.42. The first kappa shape index (κ1) is 19.9. The van der Waals surface area contributed by atoms with Gasteiger partial charge in [0.1, 0.15) is 0 Å². The summed E-state index contributed by atoms with van der Waals surface area (Å²) < 4.78 is 0. The van der Waals surface area contributed by atoms with Crippen molar-refractivity contribution >= 4 is 29.7 Å². The van der Waals surface area contributed by atoms with E-state index in [0.29, 0.717) is 24.6 Å². The molecule has 2 aliphatic heterocycles. The van der Waals surface area contributed by atoms with Gasteiger partial charge in [0.25, 0.3) is 0 Å². The Morgan fingerprint density at radius 2 is 1.84 bits per heavy atom. The van der Waals surface area contributed by atoms with Gasteiger partial charge in [-0.2, -0.15) is 11.8 Å². The van der Waals surface area contributed by atoms with E-state index in [4.69, 9.17) is 5.11 Å². The van der Waals surface area contributed by atoms with E-state index in [-0.39, 0.29) is 30.4 Å². The van der Waals surface area contributed by atoms with Gasteiger partial charge in [0.2, 0.25) is 5.91 Å². The standard InChI is InChI=1S/C17H29N3O4S/c21-14(18-10-6-2-1-3-9-15(22)23)8-5-4-7-13-16-12(11-25-13)19-17(24)20-16/h12-13,16H,1-11H2,(H,18,21)(H,22,23)(H2,19,20,24). The molecule has 0 aliphatic carbocycles. The van der Waals surface area contributed by atoms with E-state index in [0.717, 1.165) is 44.3 Å². The van der Waals surface area contributed by atoms with Crippen LogP contribution in [-0.4, -0.2) is 52.6 Å². The molecule has 2 rings (SSSR count). The molecule has 4 N–H and O–H groups in total. The van der Waals surface area contributed by atoms with Gasteiger partial charge in [0, 0.05) is 30.4 Å². The van der Waals surface area contributed by atoms with Crippen LogP contribution >= 0.6 is 11.8 Å². The molecule has 2 heterocycles. The Morgan fingerprint density at radius 1 is 1.08 bits per heavy atom. The summed E-state index contributed by atoms with van der Waals surface area (Å²) >= 11 is 1.91. The first-order valence-electron chi connectivity index (χ1n) is 9.23. The second-order valence-corrected chi connectivity index (χ2v) is 8.05. The van der Waals surface area contributed by atoms with Gasteiger partial charge in [-0.1, -0.05) is 19.3 Å². The molecule has 2 fully saturated rings. The van der Waals surface area contributed by atoms with E-state index in [2.05, 4.69) is 16.0 Å². The van der Waals surface area contributed by atoms with Crippen molar-refractivity contribution in [1.29, 1.82) is 0 Å². The van der Waals surface area contributed by atoms with Crippen LogP contribution in [0.25, 0.3) is 0 Å². The molecule has 0 bridgehead atoms. The molecule has 0 radical (unpaired) electrons. The zero-order valence-electron chi connectivity index (χ0n) is 14.6. The highest BCUT2D eigenvalue weighted by atomic mass is 32.2. The Labute approximate surface area is 153 Å². The van der Waals surface area contributed by atoms with Gasteiger partial charge in [0.15, 0.2) is 0 Å². The molecule has 7 nitrogen and oxygen atoms in total. The molecular weight excluding hydrogens is 342 g/mol. The molecule has 0 aromatic rings. The lowest BCUT2D eigenvalue weighted by Gasteiger charge is -2.16. The van der Waals surface area contributed by atoms with Gasteiger partial charge >= 0.3 is 12.0 Å². The predicted octanol–water partition coefficient (Wildman–Crippen LogP) is 1.86. The Bertz CT molecular complexity index is 475. The number of fused-ring (bicyclic) bond motifs is 1. The molecule has 0 spiro atoms. The molecule has 0 aromatic carbocycles. The maximum atomic E-state index is 11.8. The summed E-state index contributed by atoms with van der Waals surface area (Å²) in [4.78, 5) is 33.5. The number of aliphatic carboxylic acids is 1. The van der Waals surface area contributed by atoms with Crippen molar-refractivity contribution in [3.63, 3.8) is 0 Å². The first-order valence-corrected chi connectivity index (χ1v) is 10.3. The van der Waals surface area contributed by atoms with Gasteiger partial charge in [-0.25, -0.2) is 4.79 Å². The highest BCUT2D eigenvalue weighted by molar-refractivity contribution is 8.00. The second-order valence-electron chi connectivity index (χ2n) is 6.78. The number of urea groups is 1. The Morgan fingerprint density at radius 3 is 2.64 bits per heavy atom. The van der Waals surface area contributed by atoms with Gasteiger partial charge < -0.3 is 21.1 Å². The third-order valence-corrected chi connectivity index (χ3v) is 6.23. The van der Waals surface area contributed by atoms with E-state index in [1.807, 2.05) is 11.8 Å². The van der Waals surface area contributed by atoms with Crippen molar-refractivity contribution in [3.8, 4) is 0 Å². The topological polar surface area (TPSA) is 108 Å². The summed E-state index contributed by atoms with van der Waals surface area (Å²) in [6, 6.07) is 0.455. The number of nitrogens with one attached hydrogen (secondary N) is 3. The number of hydrogen-bond donors (Lipinski definition) is 4. The normalized spacial score (nSPS) is 24.5. The maximum Gasteiger partial charge on any atom is 0.315 e. The Kier molecular flexibility index (Phi) is 8.37. The van der Waals surface area contributed by atoms with Crippen LogP contribution in [0.4, 0.5) is 4.79 Å². The van der Waals surface area contributed by atoms with Gasteiger partial charge in [-0.05, 0) is 25.7 Å². The van der Waals surface area contributed by atoms with Gasteiger partial charge in [-0.3, -0.25) is 9.59 Å². The summed E-state index contributed by atoms with van der Waals surface area (Å²) in [5.74, 6) is 0.325. The average Bonchev–Trinajstić information content (AvgIpc) is 3.10. The molecule has 8 heteroatoms. The number of carboxylic acid groups (broad SMARTS) is 1. The molecule has 3 atom stereocenters. The van der Waals surface area contributed by atoms with E-state index in [9.17, 15) is 14.4 Å². The van der Waals surface area contributed by atoms with Crippen molar-refractivity contribution in [2.75, 3.05) is 12.3 Å². The summed E-state index contributed by atoms with van der Waals surface area (Å²) in [5, 5.41) is 17.8. The molecule has 2 saturated heterocycles. The maximum absolute atomic E-state index is 11.8. The fourth-order valence-electron chi connectivity index (χ4n) is 3.35. The van der Waals surface area contributed by atoms with E-state index in [1.54, 1.807) is 0 Å². The number of carbonyl (C=O) groups excluding carboxylic acids is 2. The molecule has 3 amide bonds. The molecule has 25 heavy (non-hydrogen) atoms. The molecule has 0 aromatic heterocycles. The van der Waals surface area contributed by atoms with Crippen molar-refractivity contribution in [1.82, 2.24) is 16.0 Å². The van der Waals surface area contributed by atoms with Crippen molar-refractivity contribution in [2.45, 2.75) is 75.1 Å². The number of amides is 3. The van der Waals surface area contributed by atoms with Gasteiger partial charge in [0.05, 0.1) is 12.1 Å². The third kappa shape index (κ3) is 7.13. The van der Waals surface area contributed by atoms with Crippen LogP contribution in [0, 0.1) is 0 Å². The van der Waals surface area contributed by atoms with Crippen molar-refractivity contribution in [3.05, 3.63) is 0 Å². The van der Waals surface area contributed by atoms with Crippen molar-refractivity contribution < 1.29 is 19.5 Å². The lowest BCUT2D eigenvalue weighted by Crippen LogP contribution is -2.36. The average molecular weight is 372 g/mol. The second kappa shape index (κ2) is 10.5. The number of unbranched alkanes of at least 4 members (excludes halogenated alkanes) is 4. The fraction of sp³-hybridized carbons (Fsp3) is 0.824. The SMILES string of the molecule is O=C(O)CCCCCCNC(=O)CCCCC1SCC2NC(=O)NC21. The lowest BCUT2D eigenvalue weighted by atomic mass is 10.0. The zero-order valence-corrected chi connectivity index (χ0v) is 15.4. The highest BCUT2D eigenvalue weighted by Crippen LogP contribution is 2.33. The zero-order chi connectivity index (χ0) is 18.1. The molecular formula is C17H29N3O4S. The summed E-state index contributed by atoms with van der Waals surface area (Å²) in [6.07, 6.45) is 7.15. The number of thioether (sulfide) groups is 1. The van der Waals surface area contributed by atoms with E-state index >= 15 is 0 Å². The number of hydrogen-bond acceptors (Lipinski definition) is 4. The predicted molar refractivity (Wildman–Crippen MR) is 97.7 cm³/mol. The number of carbonyl (C=O) groups is 3. The van der Waals surface area contributed by atoms with Crippen LogP contribution in [0.1, 0.15) is 57.8 Å². The molecule has 2 aliphatic rings. The Balaban J connectivity index is 1.42. The largest absolute Gasteiger partial charge is 0.481 e. The number of rotatable bonds is 12. The van der Waals surface area contributed by atoms with Crippen LogP contribution in [0.15, 0.2) is 0 Å². The van der Waals surface area contributed by atoms with Gasteiger partial charge in [-0.15, -0.1) is 0 Å². The van der Waals surface area contributed by atoms with E-state index in [1.165, 1.54) is 0 Å². The van der Waals surface area contributed by atoms with E-state index < -0.39 is 5.97 Å². The minimum atomic E-state index is -0.744. The molecule has 3 unspecified atom stereocenters. The fourth-order valence-corrected chi connectivity index (χ4v) is 4.89.